The standard InChI is InChI=1S/C14H16N2O3S/c1-10(17)15-12(8-9-20-2)13(18)16(14(15)19)11-6-4-3-5-7-11/h3-7,12H,8-9H2,1-2H3/t12-/m1/s1. The molecule has 1 aromatic carbocycles. The zero-order chi connectivity index (χ0) is 14.7. The summed E-state index contributed by atoms with van der Waals surface area (Å²) in [5.74, 6) is -0.00542. The average Bonchev–Trinajstić information content (AvgIpc) is 2.68. The molecule has 20 heavy (non-hydrogen) atoms. The molecule has 0 bridgehead atoms. The number of carbonyl (C=O) groups is 3. The number of urea groups is 1. The molecule has 0 aromatic heterocycles. The van der Waals surface area contributed by atoms with Crippen LogP contribution in [0.1, 0.15) is 13.3 Å². The van der Waals surface area contributed by atoms with Crippen LogP contribution in [0.3, 0.4) is 0 Å². The van der Waals surface area contributed by atoms with Gasteiger partial charge in [-0.05, 0) is 30.6 Å². The maximum atomic E-state index is 12.4. The number of rotatable bonds is 4. The smallest absolute Gasteiger partial charge is 0.275 e. The van der Waals surface area contributed by atoms with Crippen LogP contribution in [0.5, 0.6) is 0 Å². The monoisotopic (exact) mass is 292 g/mol. The van der Waals surface area contributed by atoms with E-state index in [1.54, 1.807) is 36.0 Å². The van der Waals surface area contributed by atoms with Crippen molar-refractivity contribution in [3.8, 4) is 0 Å². The third-order valence-corrected chi connectivity index (χ3v) is 3.81. The summed E-state index contributed by atoms with van der Waals surface area (Å²) < 4.78 is 0. The predicted octanol–water partition coefficient (Wildman–Crippen LogP) is 2.12. The molecule has 0 aliphatic carbocycles. The number of anilines is 1. The van der Waals surface area contributed by atoms with Crippen molar-refractivity contribution in [3.63, 3.8) is 0 Å². The number of para-hydroxylation sites is 1. The molecular weight excluding hydrogens is 276 g/mol. The van der Waals surface area contributed by atoms with Crippen molar-refractivity contribution >= 4 is 35.3 Å². The Balaban J connectivity index is 2.34. The van der Waals surface area contributed by atoms with E-state index in [0.717, 1.165) is 15.6 Å². The van der Waals surface area contributed by atoms with E-state index in [9.17, 15) is 14.4 Å². The fourth-order valence-electron chi connectivity index (χ4n) is 2.25. The number of imide groups is 2. The van der Waals surface area contributed by atoms with Gasteiger partial charge in [0.15, 0.2) is 0 Å². The Kier molecular flexibility index (Phi) is 4.44. The number of amides is 4. The molecule has 1 fully saturated rings. The molecule has 0 saturated carbocycles. The summed E-state index contributed by atoms with van der Waals surface area (Å²) in [6.45, 7) is 1.31. The minimum atomic E-state index is -0.687. The number of benzene rings is 1. The zero-order valence-electron chi connectivity index (χ0n) is 11.4. The van der Waals surface area contributed by atoms with Crippen molar-refractivity contribution < 1.29 is 14.4 Å². The van der Waals surface area contributed by atoms with Crippen molar-refractivity contribution in [3.05, 3.63) is 30.3 Å². The lowest BCUT2D eigenvalue weighted by Crippen LogP contribution is -2.39. The van der Waals surface area contributed by atoms with Crippen molar-refractivity contribution in [1.29, 1.82) is 0 Å². The second-order valence-corrected chi connectivity index (χ2v) is 5.46. The van der Waals surface area contributed by atoms with Gasteiger partial charge in [-0.1, -0.05) is 18.2 Å². The molecule has 1 aliphatic rings. The first-order valence-electron chi connectivity index (χ1n) is 6.29. The van der Waals surface area contributed by atoms with E-state index in [2.05, 4.69) is 0 Å². The molecule has 1 atom stereocenters. The molecule has 1 heterocycles. The maximum Gasteiger partial charge on any atom is 0.338 e. The lowest BCUT2D eigenvalue weighted by Gasteiger charge is -2.17. The van der Waals surface area contributed by atoms with E-state index >= 15 is 0 Å². The van der Waals surface area contributed by atoms with Crippen LogP contribution in [0.2, 0.25) is 0 Å². The first-order chi connectivity index (χ1) is 9.57. The second kappa shape index (κ2) is 6.09. The molecule has 2 rings (SSSR count). The highest BCUT2D eigenvalue weighted by molar-refractivity contribution is 7.98. The van der Waals surface area contributed by atoms with Gasteiger partial charge in [0, 0.05) is 6.92 Å². The van der Waals surface area contributed by atoms with E-state index in [4.69, 9.17) is 0 Å². The first kappa shape index (κ1) is 14.6. The van der Waals surface area contributed by atoms with Gasteiger partial charge in [0.1, 0.15) is 6.04 Å². The molecule has 1 saturated heterocycles. The summed E-state index contributed by atoms with van der Waals surface area (Å²) in [6.07, 6.45) is 2.41. The highest BCUT2D eigenvalue weighted by Crippen LogP contribution is 2.27. The fourth-order valence-corrected chi connectivity index (χ4v) is 2.70. The molecule has 1 aromatic rings. The van der Waals surface area contributed by atoms with Gasteiger partial charge in [0.2, 0.25) is 5.91 Å². The van der Waals surface area contributed by atoms with Crippen molar-refractivity contribution in [1.82, 2.24) is 4.90 Å². The molecule has 4 amide bonds. The van der Waals surface area contributed by atoms with E-state index in [1.165, 1.54) is 6.92 Å². The minimum absolute atomic E-state index is 0.328. The molecule has 0 N–H and O–H groups in total. The van der Waals surface area contributed by atoms with Gasteiger partial charge in [-0.15, -0.1) is 0 Å². The summed E-state index contributed by atoms with van der Waals surface area (Å²) >= 11 is 1.58. The molecular formula is C14H16N2O3S. The zero-order valence-corrected chi connectivity index (χ0v) is 12.2. The van der Waals surface area contributed by atoms with Gasteiger partial charge < -0.3 is 0 Å². The normalized spacial score (nSPS) is 18.8. The third kappa shape index (κ3) is 2.56. The predicted molar refractivity (Wildman–Crippen MR) is 78.6 cm³/mol. The summed E-state index contributed by atoms with van der Waals surface area (Å²) in [5, 5.41) is 0. The second-order valence-electron chi connectivity index (χ2n) is 4.48. The van der Waals surface area contributed by atoms with Crippen LogP contribution in [0.15, 0.2) is 30.3 Å². The average molecular weight is 292 g/mol. The highest BCUT2D eigenvalue weighted by Gasteiger charge is 2.47. The Hall–Kier alpha value is -1.82. The Labute approximate surface area is 121 Å². The number of thioether (sulfide) groups is 1. The summed E-state index contributed by atoms with van der Waals surface area (Å²) in [4.78, 5) is 38.6. The molecule has 5 nitrogen and oxygen atoms in total. The molecule has 6 heteroatoms. The largest absolute Gasteiger partial charge is 0.338 e. The number of nitrogens with zero attached hydrogens (tertiary/aromatic N) is 2. The summed E-state index contributed by atoms with van der Waals surface area (Å²) in [7, 11) is 0. The Morgan fingerprint density at radius 2 is 1.90 bits per heavy atom. The number of hydrogen-bond donors (Lipinski definition) is 0. The Morgan fingerprint density at radius 3 is 2.45 bits per heavy atom. The summed E-state index contributed by atoms with van der Waals surface area (Å²) in [6, 6.07) is 7.44. The van der Waals surface area contributed by atoms with Gasteiger partial charge >= 0.3 is 6.03 Å². The lowest BCUT2D eigenvalue weighted by atomic mass is 10.2. The van der Waals surface area contributed by atoms with Crippen LogP contribution in [-0.2, 0) is 9.59 Å². The lowest BCUT2D eigenvalue weighted by molar-refractivity contribution is -0.131. The topological polar surface area (TPSA) is 57.7 Å². The number of carbonyl (C=O) groups excluding carboxylic acids is 3. The van der Waals surface area contributed by atoms with Crippen LogP contribution < -0.4 is 4.90 Å². The SMILES string of the molecule is CSCC[C@@H]1C(=O)N(c2ccccc2)C(=O)N1C(C)=O. The molecule has 0 unspecified atom stereocenters. The molecule has 1 aliphatic heterocycles. The molecule has 0 spiro atoms. The fraction of sp³-hybridized carbons (Fsp3) is 0.357. The van der Waals surface area contributed by atoms with Gasteiger partial charge in [-0.3, -0.25) is 14.5 Å². The van der Waals surface area contributed by atoms with E-state index in [0.29, 0.717) is 12.1 Å². The van der Waals surface area contributed by atoms with Crippen LogP contribution in [0.25, 0.3) is 0 Å². The first-order valence-corrected chi connectivity index (χ1v) is 7.69. The third-order valence-electron chi connectivity index (χ3n) is 3.16. The van der Waals surface area contributed by atoms with Crippen LogP contribution >= 0.6 is 11.8 Å². The number of hydrogen-bond acceptors (Lipinski definition) is 4. The van der Waals surface area contributed by atoms with Gasteiger partial charge in [0.25, 0.3) is 5.91 Å². The van der Waals surface area contributed by atoms with Crippen molar-refractivity contribution in [2.24, 2.45) is 0 Å². The van der Waals surface area contributed by atoms with Crippen molar-refractivity contribution in [2.45, 2.75) is 19.4 Å². The van der Waals surface area contributed by atoms with Crippen LogP contribution in [0.4, 0.5) is 10.5 Å². The highest BCUT2D eigenvalue weighted by atomic mass is 32.2. The van der Waals surface area contributed by atoms with Gasteiger partial charge in [-0.2, -0.15) is 11.8 Å². The van der Waals surface area contributed by atoms with Crippen molar-refractivity contribution in [2.75, 3.05) is 16.9 Å². The minimum Gasteiger partial charge on any atom is -0.275 e. The van der Waals surface area contributed by atoms with Gasteiger partial charge in [-0.25, -0.2) is 9.69 Å². The van der Waals surface area contributed by atoms with E-state index < -0.39 is 18.0 Å². The maximum absolute atomic E-state index is 12.4. The van der Waals surface area contributed by atoms with Gasteiger partial charge in [0.05, 0.1) is 5.69 Å². The quantitative estimate of drug-likeness (QED) is 0.798. The van der Waals surface area contributed by atoms with Crippen LogP contribution in [0, 0.1) is 0 Å². The molecule has 106 valence electrons. The van der Waals surface area contributed by atoms with Crippen LogP contribution in [-0.4, -0.2) is 40.8 Å². The molecule has 0 radical (unpaired) electrons. The van der Waals surface area contributed by atoms with E-state index in [-0.39, 0.29) is 5.91 Å². The summed E-state index contributed by atoms with van der Waals surface area (Å²) in [5.41, 5.74) is 0.500. The van der Waals surface area contributed by atoms with E-state index in [1.807, 2.05) is 12.3 Å². The Bertz CT molecular complexity index is 532. The Morgan fingerprint density at radius 1 is 1.25 bits per heavy atom.